The molecule has 2 rings (SSSR count). The van der Waals surface area contributed by atoms with Crippen LogP contribution in [-0.4, -0.2) is 24.5 Å². The number of benzene rings is 1. The monoisotopic (exact) mass is 252 g/mol. The van der Waals surface area contributed by atoms with Crippen molar-refractivity contribution >= 4 is 11.6 Å². The molecule has 1 aromatic rings. The molecule has 0 aromatic heterocycles. The van der Waals surface area contributed by atoms with Gasteiger partial charge in [-0.25, -0.2) is 0 Å². The maximum Gasteiger partial charge on any atom is 0.0485 e. The van der Waals surface area contributed by atoms with E-state index < -0.39 is 0 Å². The van der Waals surface area contributed by atoms with Crippen molar-refractivity contribution in [3.8, 4) is 0 Å². The molecule has 0 aliphatic carbocycles. The summed E-state index contributed by atoms with van der Waals surface area (Å²) in [4.78, 5) is 2.48. The highest BCUT2D eigenvalue weighted by atomic mass is 35.5. The first-order chi connectivity index (χ1) is 8.22. The SMILES string of the molecule is C[C@@H]1CCCN([C@@H](CN)c2ccccc2Cl)C1. The number of halogens is 1. The molecule has 94 valence electrons. The molecule has 3 heteroatoms. The number of hydrogen-bond donors (Lipinski definition) is 1. The van der Waals surface area contributed by atoms with Gasteiger partial charge in [0.25, 0.3) is 0 Å². The van der Waals surface area contributed by atoms with Crippen LogP contribution in [0.5, 0.6) is 0 Å². The van der Waals surface area contributed by atoms with Crippen molar-refractivity contribution in [2.75, 3.05) is 19.6 Å². The Hall–Kier alpha value is -0.570. The maximum atomic E-state index is 6.27. The van der Waals surface area contributed by atoms with Crippen LogP contribution in [0.3, 0.4) is 0 Å². The zero-order valence-electron chi connectivity index (χ0n) is 10.4. The van der Waals surface area contributed by atoms with Crippen LogP contribution in [0, 0.1) is 5.92 Å². The van der Waals surface area contributed by atoms with Gasteiger partial charge in [0.05, 0.1) is 0 Å². The third-order valence-electron chi connectivity index (χ3n) is 3.62. The average molecular weight is 253 g/mol. The highest BCUT2D eigenvalue weighted by molar-refractivity contribution is 6.31. The fourth-order valence-corrected chi connectivity index (χ4v) is 2.99. The highest BCUT2D eigenvalue weighted by Gasteiger charge is 2.25. The minimum atomic E-state index is 0.270. The Morgan fingerprint density at radius 3 is 2.88 bits per heavy atom. The van der Waals surface area contributed by atoms with Crippen molar-refractivity contribution < 1.29 is 0 Å². The van der Waals surface area contributed by atoms with Gasteiger partial charge in [-0.2, -0.15) is 0 Å². The second-order valence-corrected chi connectivity index (χ2v) is 5.42. The minimum Gasteiger partial charge on any atom is -0.329 e. The van der Waals surface area contributed by atoms with Gasteiger partial charge in [-0.05, 0) is 36.9 Å². The third-order valence-corrected chi connectivity index (χ3v) is 3.96. The molecule has 0 radical (unpaired) electrons. The van der Waals surface area contributed by atoms with Gasteiger partial charge in [0.2, 0.25) is 0 Å². The molecular weight excluding hydrogens is 232 g/mol. The lowest BCUT2D eigenvalue weighted by Crippen LogP contribution is -2.40. The van der Waals surface area contributed by atoms with Crippen molar-refractivity contribution in [2.45, 2.75) is 25.8 Å². The van der Waals surface area contributed by atoms with Gasteiger partial charge in [-0.15, -0.1) is 0 Å². The molecule has 1 aliphatic heterocycles. The molecule has 2 nitrogen and oxygen atoms in total. The molecular formula is C14H21ClN2. The van der Waals surface area contributed by atoms with Crippen molar-refractivity contribution in [3.63, 3.8) is 0 Å². The first kappa shape index (κ1) is 12.9. The quantitative estimate of drug-likeness (QED) is 0.896. The summed E-state index contributed by atoms with van der Waals surface area (Å²) in [5.41, 5.74) is 7.12. The van der Waals surface area contributed by atoms with Crippen LogP contribution in [0.15, 0.2) is 24.3 Å². The van der Waals surface area contributed by atoms with E-state index in [1.54, 1.807) is 0 Å². The van der Waals surface area contributed by atoms with Gasteiger partial charge in [0, 0.05) is 24.2 Å². The van der Waals surface area contributed by atoms with Gasteiger partial charge in [-0.3, -0.25) is 4.90 Å². The molecule has 1 saturated heterocycles. The highest BCUT2D eigenvalue weighted by Crippen LogP contribution is 2.30. The predicted octanol–water partition coefficient (Wildman–Crippen LogP) is 3.07. The van der Waals surface area contributed by atoms with Crippen LogP contribution in [0.4, 0.5) is 0 Å². The lowest BCUT2D eigenvalue weighted by Gasteiger charge is -2.37. The van der Waals surface area contributed by atoms with Crippen LogP contribution in [0.1, 0.15) is 31.4 Å². The molecule has 1 aromatic carbocycles. The molecule has 0 saturated carbocycles. The molecule has 2 atom stereocenters. The normalized spacial score (nSPS) is 23.6. The number of nitrogens with zero attached hydrogens (tertiary/aromatic N) is 1. The second kappa shape index (κ2) is 5.85. The zero-order chi connectivity index (χ0) is 12.3. The van der Waals surface area contributed by atoms with Crippen LogP contribution >= 0.6 is 11.6 Å². The molecule has 17 heavy (non-hydrogen) atoms. The molecule has 0 spiro atoms. The van der Waals surface area contributed by atoms with E-state index in [1.807, 2.05) is 18.2 Å². The van der Waals surface area contributed by atoms with Crippen molar-refractivity contribution in [2.24, 2.45) is 11.7 Å². The van der Waals surface area contributed by atoms with E-state index in [4.69, 9.17) is 17.3 Å². The lowest BCUT2D eigenvalue weighted by molar-refractivity contribution is 0.133. The molecule has 0 amide bonds. The van der Waals surface area contributed by atoms with Gasteiger partial charge in [0.15, 0.2) is 0 Å². The molecule has 1 aliphatic rings. The number of hydrogen-bond acceptors (Lipinski definition) is 2. The summed E-state index contributed by atoms with van der Waals surface area (Å²) in [7, 11) is 0. The number of piperidine rings is 1. The van der Waals surface area contributed by atoms with E-state index in [2.05, 4.69) is 17.9 Å². The standard InChI is InChI=1S/C14H21ClN2/c1-11-5-4-8-17(10-11)14(9-16)12-6-2-3-7-13(12)15/h2-3,6-7,11,14H,4-5,8-10,16H2,1H3/t11-,14+/m1/s1. The van der Waals surface area contributed by atoms with Crippen LogP contribution in [0.25, 0.3) is 0 Å². The third kappa shape index (κ3) is 3.01. The second-order valence-electron chi connectivity index (χ2n) is 5.02. The van der Waals surface area contributed by atoms with Gasteiger partial charge in [-0.1, -0.05) is 36.7 Å². The Labute approximate surface area is 109 Å². The Kier molecular flexibility index (Phi) is 4.43. The number of rotatable bonds is 3. The van der Waals surface area contributed by atoms with Crippen LogP contribution in [0.2, 0.25) is 5.02 Å². The summed E-state index contributed by atoms with van der Waals surface area (Å²) in [5, 5.41) is 0.834. The molecule has 0 unspecified atom stereocenters. The Morgan fingerprint density at radius 2 is 2.24 bits per heavy atom. The van der Waals surface area contributed by atoms with Crippen LogP contribution < -0.4 is 5.73 Å². The van der Waals surface area contributed by atoms with Crippen LogP contribution in [-0.2, 0) is 0 Å². The molecule has 1 heterocycles. The van der Waals surface area contributed by atoms with Gasteiger partial charge in [0.1, 0.15) is 0 Å². The molecule has 0 bridgehead atoms. The number of nitrogens with two attached hydrogens (primary N) is 1. The molecule has 2 N–H and O–H groups in total. The maximum absolute atomic E-state index is 6.27. The topological polar surface area (TPSA) is 29.3 Å². The van der Waals surface area contributed by atoms with E-state index in [9.17, 15) is 0 Å². The first-order valence-electron chi connectivity index (χ1n) is 6.41. The Bertz CT molecular complexity index is 367. The largest absolute Gasteiger partial charge is 0.329 e. The first-order valence-corrected chi connectivity index (χ1v) is 6.78. The van der Waals surface area contributed by atoms with E-state index in [0.29, 0.717) is 6.54 Å². The van der Waals surface area contributed by atoms with Crippen molar-refractivity contribution in [1.82, 2.24) is 4.90 Å². The fourth-order valence-electron chi connectivity index (χ4n) is 2.73. The van der Waals surface area contributed by atoms with Gasteiger partial charge < -0.3 is 5.73 Å². The smallest absolute Gasteiger partial charge is 0.0485 e. The van der Waals surface area contributed by atoms with Crippen molar-refractivity contribution in [1.29, 1.82) is 0 Å². The van der Waals surface area contributed by atoms with E-state index in [1.165, 1.54) is 18.4 Å². The fraction of sp³-hybridized carbons (Fsp3) is 0.571. The summed E-state index contributed by atoms with van der Waals surface area (Å²) < 4.78 is 0. The Morgan fingerprint density at radius 1 is 1.47 bits per heavy atom. The molecule has 1 fully saturated rings. The van der Waals surface area contributed by atoms with Crippen molar-refractivity contribution in [3.05, 3.63) is 34.9 Å². The predicted molar refractivity (Wildman–Crippen MR) is 73.2 cm³/mol. The summed E-state index contributed by atoms with van der Waals surface area (Å²) in [6.07, 6.45) is 2.60. The van der Waals surface area contributed by atoms with Gasteiger partial charge >= 0.3 is 0 Å². The summed E-state index contributed by atoms with van der Waals surface area (Å²) in [6.45, 7) is 5.22. The van der Waals surface area contributed by atoms with E-state index in [0.717, 1.165) is 24.0 Å². The van der Waals surface area contributed by atoms with E-state index >= 15 is 0 Å². The summed E-state index contributed by atoms with van der Waals surface area (Å²) in [6, 6.07) is 8.33. The minimum absolute atomic E-state index is 0.270. The number of likely N-dealkylation sites (tertiary alicyclic amines) is 1. The van der Waals surface area contributed by atoms with E-state index in [-0.39, 0.29) is 6.04 Å². The lowest BCUT2D eigenvalue weighted by atomic mass is 9.96. The summed E-state index contributed by atoms with van der Waals surface area (Å²) >= 11 is 6.27. The zero-order valence-corrected chi connectivity index (χ0v) is 11.2. The average Bonchev–Trinajstić information content (AvgIpc) is 2.33. The summed E-state index contributed by atoms with van der Waals surface area (Å²) in [5.74, 6) is 0.764. The Balaban J connectivity index is 2.18.